The molecule has 9 heteroatoms. The Labute approximate surface area is 141 Å². The van der Waals surface area contributed by atoms with Gasteiger partial charge in [0, 0.05) is 17.1 Å². The molecule has 8 nitrogen and oxygen atoms in total. The molecule has 1 aromatic carbocycles. The molecule has 0 unspecified atom stereocenters. The van der Waals surface area contributed by atoms with Crippen LogP contribution in [0.3, 0.4) is 0 Å². The van der Waals surface area contributed by atoms with Crippen molar-refractivity contribution < 1.29 is 14.4 Å². The first-order valence-corrected chi connectivity index (χ1v) is 8.09. The number of nitrogens with one attached hydrogen (secondary N) is 1. The number of anilines is 2. The van der Waals surface area contributed by atoms with Crippen molar-refractivity contribution in [1.29, 1.82) is 0 Å². The van der Waals surface area contributed by atoms with E-state index in [9.17, 15) is 10.1 Å². The van der Waals surface area contributed by atoms with Crippen molar-refractivity contribution >= 4 is 33.6 Å². The minimum atomic E-state index is -0.456. The van der Waals surface area contributed by atoms with Crippen LogP contribution in [0.1, 0.15) is 13.8 Å². The van der Waals surface area contributed by atoms with Gasteiger partial charge in [0.25, 0.3) is 4.96 Å². The van der Waals surface area contributed by atoms with Crippen molar-refractivity contribution in [2.45, 2.75) is 20.0 Å². The Morgan fingerprint density at radius 1 is 1.38 bits per heavy atom. The van der Waals surface area contributed by atoms with E-state index in [0.29, 0.717) is 22.1 Å². The molecular formula is C15H16N4O4S. The van der Waals surface area contributed by atoms with E-state index in [2.05, 4.69) is 10.3 Å². The summed E-state index contributed by atoms with van der Waals surface area (Å²) in [5.41, 5.74) is 0.622. The van der Waals surface area contributed by atoms with Crippen LogP contribution in [0, 0.1) is 10.1 Å². The first-order valence-electron chi connectivity index (χ1n) is 7.21. The second-order valence-corrected chi connectivity index (χ2v) is 6.13. The number of ether oxygens (including phenoxy) is 2. The lowest BCUT2D eigenvalue weighted by molar-refractivity contribution is -0.389. The van der Waals surface area contributed by atoms with Crippen LogP contribution in [-0.4, -0.2) is 27.5 Å². The van der Waals surface area contributed by atoms with E-state index in [1.807, 2.05) is 13.8 Å². The second-order valence-electron chi connectivity index (χ2n) is 5.25. The fraction of sp³-hybridized carbons (Fsp3) is 0.267. The van der Waals surface area contributed by atoms with Crippen molar-refractivity contribution in [1.82, 2.24) is 9.38 Å². The van der Waals surface area contributed by atoms with Crippen LogP contribution in [0.15, 0.2) is 29.8 Å². The van der Waals surface area contributed by atoms with Crippen LogP contribution in [0.25, 0.3) is 4.96 Å². The highest BCUT2D eigenvalue weighted by molar-refractivity contribution is 7.15. The average molecular weight is 348 g/mol. The number of thiazole rings is 1. The molecule has 0 atom stereocenters. The number of imidazole rings is 1. The molecule has 126 valence electrons. The van der Waals surface area contributed by atoms with Crippen LogP contribution in [0.5, 0.6) is 11.5 Å². The molecule has 0 spiro atoms. The summed E-state index contributed by atoms with van der Waals surface area (Å²) >= 11 is 1.33. The standard InChI is InChI=1S/C15H16N4O4S/c1-9(2)23-11-5-4-10(8-12(11)22-3)16-13-14(19(20)21)18-6-7-24-15(18)17-13/h4-9,16H,1-3H3. The number of fused-ring (bicyclic) bond motifs is 1. The van der Waals surface area contributed by atoms with Gasteiger partial charge in [-0.25, -0.2) is 0 Å². The number of nitrogens with zero attached hydrogens (tertiary/aromatic N) is 3. The molecule has 0 aliphatic carbocycles. The lowest BCUT2D eigenvalue weighted by Gasteiger charge is -2.14. The van der Waals surface area contributed by atoms with Crippen molar-refractivity contribution in [2.75, 3.05) is 12.4 Å². The van der Waals surface area contributed by atoms with Gasteiger partial charge in [0.05, 0.1) is 13.2 Å². The zero-order valence-electron chi connectivity index (χ0n) is 13.3. The van der Waals surface area contributed by atoms with Gasteiger partial charge in [0.1, 0.15) is 6.20 Å². The number of nitro groups is 1. The molecule has 2 aromatic heterocycles. The van der Waals surface area contributed by atoms with E-state index < -0.39 is 4.92 Å². The van der Waals surface area contributed by atoms with Crippen molar-refractivity contribution in [3.05, 3.63) is 39.9 Å². The Morgan fingerprint density at radius 2 is 2.17 bits per heavy atom. The lowest BCUT2D eigenvalue weighted by atomic mass is 10.2. The molecule has 0 aliphatic rings. The third-order valence-electron chi connectivity index (χ3n) is 3.20. The Hall–Kier alpha value is -2.81. The SMILES string of the molecule is COc1cc(Nc2nc3sccn3c2[N+](=O)[O-])ccc1OC(C)C. The summed E-state index contributed by atoms with van der Waals surface area (Å²) in [5.74, 6) is 1.23. The number of benzene rings is 1. The van der Waals surface area contributed by atoms with Gasteiger partial charge in [-0.15, -0.1) is 0 Å². The van der Waals surface area contributed by atoms with Crippen LogP contribution < -0.4 is 14.8 Å². The van der Waals surface area contributed by atoms with E-state index in [1.54, 1.807) is 36.9 Å². The Bertz CT molecular complexity index is 887. The number of hydrogen-bond donors (Lipinski definition) is 1. The molecule has 0 aliphatic heterocycles. The first kappa shape index (κ1) is 16.1. The van der Waals surface area contributed by atoms with Gasteiger partial charge in [0.15, 0.2) is 11.5 Å². The molecule has 0 amide bonds. The maximum atomic E-state index is 11.3. The predicted octanol–water partition coefficient (Wildman–Crippen LogP) is 3.84. The van der Waals surface area contributed by atoms with Crippen LogP contribution in [0.4, 0.5) is 17.3 Å². The summed E-state index contributed by atoms with van der Waals surface area (Å²) in [6.45, 7) is 3.85. The molecule has 0 saturated carbocycles. The molecule has 0 saturated heterocycles. The minimum absolute atomic E-state index is 0.0127. The van der Waals surface area contributed by atoms with Crippen LogP contribution in [-0.2, 0) is 0 Å². The lowest BCUT2D eigenvalue weighted by Crippen LogP contribution is -2.07. The largest absolute Gasteiger partial charge is 0.493 e. The van der Waals surface area contributed by atoms with Crippen LogP contribution in [0.2, 0.25) is 0 Å². The fourth-order valence-corrected chi connectivity index (χ4v) is 2.97. The Kier molecular flexibility index (Phi) is 4.26. The zero-order valence-corrected chi connectivity index (χ0v) is 14.2. The Morgan fingerprint density at radius 3 is 2.83 bits per heavy atom. The fourth-order valence-electron chi connectivity index (χ4n) is 2.27. The minimum Gasteiger partial charge on any atom is -0.493 e. The quantitative estimate of drug-likeness (QED) is 0.537. The summed E-state index contributed by atoms with van der Waals surface area (Å²) in [5, 5.41) is 16.1. The smallest absolute Gasteiger partial charge is 0.373 e. The van der Waals surface area contributed by atoms with Gasteiger partial charge in [-0.1, -0.05) is 11.3 Å². The average Bonchev–Trinajstić information content (AvgIpc) is 3.08. The van der Waals surface area contributed by atoms with E-state index in [0.717, 1.165) is 0 Å². The number of aromatic nitrogens is 2. The van der Waals surface area contributed by atoms with E-state index in [-0.39, 0.29) is 17.7 Å². The van der Waals surface area contributed by atoms with Crippen molar-refractivity contribution in [2.24, 2.45) is 0 Å². The molecule has 1 N–H and O–H groups in total. The maximum absolute atomic E-state index is 11.3. The Balaban J connectivity index is 1.95. The van der Waals surface area contributed by atoms with Gasteiger partial charge in [-0.2, -0.15) is 9.38 Å². The first-order chi connectivity index (χ1) is 11.5. The van der Waals surface area contributed by atoms with Gasteiger partial charge >= 0.3 is 5.82 Å². The van der Waals surface area contributed by atoms with Crippen molar-refractivity contribution in [3.63, 3.8) is 0 Å². The second kappa shape index (κ2) is 6.36. The molecule has 24 heavy (non-hydrogen) atoms. The summed E-state index contributed by atoms with van der Waals surface area (Å²) in [6.07, 6.45) is 1.63. The highest BCUT2D eigenvalue weighted by Gasteiger charge is 2.24. The third kappa shape index (κ3) is 2.98. The summed E-state index contributed by atoms with van der Waals surface area (Å²) < 4.78 is 12.4. The zero-order chi connectivity index (χ0) is 17.3. The molecule has 0 bridgehead atoms. The monoisotopic (exact) mass is 348 g/mol. The molecular weight excluding hydrogens is 332 g/mol. The number of hydrogen-bond acceptors (Lipinski definition) is 7. The van der Waals surface area contributed by atoms with E-state index in [1.165, 1.54) is 15.7 Å². The molecule has 0 radical (unpaired) electrons. The molecule has 0 fully saturated rings. The normalized spacial score (nSPS) is 11.0. The maximum Gasteiger partial charge on any atom is 0.373 e. The third-order valence-corrected chi connectivity index (χ3v) is 3.96. The van der Waals surface area contributed by atoms with Gasteiger partial charge < -0.3 is 24.9 Å². The highest BCUT2D eigenvalue weighted by Crippen LogP contribution is 2.35. The highest BCUT2D eigenvalue weighted by atomic mass is 32.1. The van der Waals surface area contributed by atoms with Crippen LogP contribution >= 0.6 is 11.3 Å². The molecule has 2 heterocycles. The van der Waals surface area contributed by atoms with Crippen molar-refractivity contribution in [3.8, 4) is 11.5 Å². The number of rotatable bonds is 6. The molecule has 3 aromatic rings. The number of methoxy groups -OCH3 is 1. The van der Waals surface area contributed by atoms with E-state index >= 15 is 0 Å². The van der Waals surface area contributed by atoms with Gasteiger partial charge in [-0.3, -0.25) is 0 Å². The summed E-state index contributed by atoms with van der Waals surface area (Å²) in [6, 6.07) is 5.23. The molecule has 3 rings (SSSR count). The van der Waals surface area contributed by atoms with Gasteiger partial charge in [-0.05, 0) is 30.9 Å². The van der Waals surface area contributed by atoms with E-state index in [4.69, 9.17) is 9.47 Å². The topological polar surface area (TPSA) is 90.9 Å². The summed E-state index contributed by atoms with van der Waals surface area (Å²) in [4.78, 5) is 15.7. The predicted molar refractivity (Wildman–Crippen MR) is 91.8 cm³/mol. The van der Waals surface area contributed by atoms with Gasteiger partial charge in [0.2, 0.25) is 5.82 Å². The summed E-state index contributed by atoms with van der Waals surface area (Å²) in [7, 11) is 1.54.